The molecule has 1 rings (SSSR count). The van der Waals surface area contributed by atoms with E-state index >= 15 is 0 Å². The highest BCUT2D eigenvalue weighted by Gasteiger charge is 2.08. The number of phenols is 1. The highest BCUT2D eigenvalue weighted by molar-refractivity contribution is 5.30. The zero-order chi connectivity index (χ0) is 9.68. The average molecular weight is 175 g/mol. The van der Waals surface area contributed by atoms with E-state index in [1.54, 1.807) is 24.3 Å². The van der Waals surface area contributed by atoms with Crippen molar-refractivity contribution in [1.82, 2.24) is 0 Å². The van der Waals surface area contributed by atoms with Gasteiger partial charge in [-0.25, -0.2) is 0 Å². The molecule has 2 nitrogen and oxygen atoms in total. The normalized spacial score (nSPS) is 12.0. The molecule has 0 aromatic heterocycles. The molecule has 1 aromatic rings. The van der Waals surface area contributed by atoms with E-state index in [2.05, 4.69) is 13.0 Å². The molecule has 0 radical (unpaired) electrons. The zero-order valence-electron chi connectivity index (χ0n) is 7.70. The van der Waals surface area contributed by atoms with Gasteiger partial charge in [-0.3, -0.25) is 0 Å². The third-order valence-electron chi connectivity index (χ3n) is 2.03. The number of rotatable bonds is 3. The smallest absolute Gasteiger partial charge is 0.115 e. The van der Waals surface area contributed by atoms with Crippen LogP contribution in [-0.2, 0) is 0 Å². The molecular weight excluding hydrogens is 162 g/mol. The van der Waals surface area contributed by atoms with Gasteiger partial charge in [0.1, 0.15) is 5.75 Å². The van der Waals surface area contributed by atoms with E-state index < -0.39 is 0 Å². The number of phenolic OH excluding ortho intramolecular Hbond substituents is 1. The van der Waals surface area contributed by atoms with Crippen molar-refractivity contribution >= 4 is 0 Å². The van der Waals surface area contributed by atoms with Crippen molar-refractivity contribution in [2.45, 2.75) is 25.7 Å². The first-order valence-corrected chi connectivity index (χ1v) is 4.46. The minimum atomic E-state index is -0.0365. The maximum absolute atomic E-state index is 9.06. The maximum Gasteiger partial charge on any atom is 0.115 e. The van der Waals surface area contributed by atoms with E-state index in [9.17, 15) is 0 Å². The number of nitriles is 1. The van der Waals surface area contributed by atoms with Gasteiger partial charge >= 0.3 is 0 Å². The Balaban J connectivity index is 2.81. The summed E-state index contributed by atoms with van der Waals surface area (Å²) in [6.07, 6.45) is 1.88. The van der Waals surface area contributed by atoms with Crippen molar-refractivity contribution in [3.05, 3.63) is 29.8 Å². The number of aromatic hydroxyl groups is 1. The predicted octanol–water partition coefficient (Wildman–Crippen LogP) is 2.80. The molecule has 1 atom stereocenters. The highest BCUT2D eigenvalue weighted by atomic mass is 16.3. The van der Waals surface area contributed by atoms with Gasteiger partial charge in [0.25, 0.3) is 0 Å². The van der Waals surface area contributed by atoms with Gasteiger partial charge in [0, 0.05) is 0 Å². The zero-order valence-corrected chi connectivity index (χ0v) is 7.70. The van der Waals surface area contributed by atoms with E-state index in [1.807, 2.05) is 0 Å². The summed E-state index contributed by atoms with van der Waals surface area (Å²) in [7, 11) is 0. The molecule has 0 saturated heterocycles. The van der Waals surface area contributed by atoms with Crippen LogP contribution in [0.25, 0.3) is 0 Å². The molecule has 0 fully saturated rings. The Morgan fingerprint density at radius 1 is 1.38 bits per heavy atom. The van der Waals surface area contributed by atoms with E-state index in [0.717, 1.165) is 18.4 Å². The fraction of sp³-hybridized carbons (Fsp3) is 0.364. The number of hydrogen-bond donors (Lipinski definition) is 1. The van der Waals surface area contributed by atoms with Gasteiger partial charge in [-0.15, -0.1) is 0 Å². The molecule has 1 aromatic carbocycles. The van der Waals surface area contributed by atoms with Crippen molar-refractivity contribution in [2.75, 3.05) is 0 Å². The van der Waals surface area contributed by atoms with Crippen LogP contribution in [0.5, 0.6) is 5.75 Å². The fourth-order valence-corrected chi connectivity index (χ4v) is 1.30. The fourth-order valence-electron chi connectivity index (χ4n) is 1.30. The van der Waals surface area contributed by atoms with E-state index in [0.29, 0.717) is 0 Å². The molecular formula is C11H13NO. The minimum Gasteiger partial charge on any atom is -0.508 e. The molecule has 0 bridgehead atoms. The van der Waals surface area contributed by atoms with Crippen LogP contribution in [0.4, 0.5) is 0 Å². The first kappa shape index (κ1) is 9.60. The van der Waals surface area contributed by atoms with Gasteiger partial charge in [0.2, 0.25) is 0 Å². The molecule has 0 spiro atoms. The lowest BCUT2D eigenvalue weighted by molar-refractivity contribution is 0.475. The van der Waals surface area contributed by atoms with Gasteiger partial charge in [-0.05, 0) is 24.1 Å². The van der Waals surface area contributed by atoms with Crippen molar-refractivity contribution in [3.63, 3.8) is 0 Å². The maximum atomic E-state index is 9.06. The summed E-state index contributed by atoms with van der Waals surface area (Å²) in [5, 5.41) is 17.9. The van der Waals surface area contributed by atoms with Gasteiger partial charge in [-0.1, -0.05) is 25.5 Å². The van der Waals surface area contributed by atoms with Crippen LogP contribution >= 0.6 is 0 Å². The molecule has 68 valence electrons. The molecule has 0 amide bonds. The summed E-state index contributed by atoms with van der Waals surface area (Å²) in [6, 6.07) is 9.11. The van der Waals surface area contributed by atoms with Crippen molar-refractivity contribution < 1.29 is 5.11 Å². The van der Waals surface area contributed by atoms with Crippen LogP contribution in [0.2, 0.25) is 0 Å². The van der Waals surface area contributed by atoms with Crippen LogP contribution in [0.15, 0.2) is 24.3 Å². The van der Waals surface area contributed by atoms with E-state index in [1.165, 1.54) is 0 Å². The van der Waals surface area contributed by atoms with Crippen LogP contribution in [0.1, 0.15) is 31.2 Å². The van der Waals surface area contributed by atoms with Crippen molar-refractivity contribution in [1.29, 1.82) is 5.26 Å². The van der Waals surface area contributed by atoms with Crippen molar-refractivity contribution in [3.8, 4) is 11.8 Å². The average Bonchev–Trinajstić information content (AvgIpc) is 2.16. The number of hydrogen-bond acceptors (Lipinski definition) is 2. The SMILES string of the molecule is CCCC(C#N)c1ccc(O)cc1. The molecule has 0 aliphatic carbocycles. The Hall–Kier alpha value is -1.49. The molecule has 0 aliphatic heterocycles. The highest BCUT2D eigenvalue weighted by Crippen LogP contribution is 2.22. The molecule has 0 aliphatic rings. The van der Waals surface area contributed by atoms with Crippen LogP contribution in [-0.4, -0.2) is 5.11 Å². The first-order valence-electron chi connectivity index (χ1n) is 4.46. The molecule has 1 unspecified atom stereocenters. The van der Waals surface area contributed by atoms with Gasteiger partial charge in [0.15, 0.2) is 0 Å². The topological polar surface area (TPSA) is 44.0 Å². The first-order chi connectivity index (χ1) is 6.27. The Labute approximate surface area is 78.4 Å². The van der Waals surface area contributed by atoms with Crippen LogP contribution in [0.3, 0.4) is 0 Å². The predicted molar refractivity (Wildman–Crippen MR) is 51.4 cm³/mol. The Kier molecular flexibility index (Phi) is 3.33. The summed E-state index contributed by atoms with van der Waals surface area (Å²) in [6.45, 7) is 2.06. The summed E-state index contributed by atoms with van der Waals surface area (Å²) < 4.78 is 0. The van der Waals surface area contributed by atoms with Crippen LogP contribution < -0.4 is 0 Å². The lowest BCUT2D eigenvalue weighted by Crippen LogP contribution is -1.94. The number of nitrogens with zero attached hydrogens (tertiary/aromatic N) is 1. The second kappa shape index (κ2) is 4.51. The van der Waals surface area contributed by atoms with Crippen molar-refractivity contribution in [2.24, 2.45) is 0 Å². The molecule has 1 N–H and O–H groups in total. The third kappa shape index (κ3) is 2.48. The van der Waals surface area contributed by atoms with E-state index in [-0.39, 0.29) is 11.7 Å². The molecule has 0 saturated carbocycles. The summed E-state index contributed by atoms with van der Waals surface area (Å²) in [4.78, 5) is 0. The largest absolute Gasteiger partial charge is 0.508 e. The molecule has 2 heteroatoms. The summed E-state index contributed by atoms with van der Waals surface area (Å²) in [5.74, 6) is 0.211. The number of benzene rings is 1. The van der Waals surface area contributed by atoms with Gasteiger partial charge < -0.3 is 5.11 Å². The monoisotopic (exact) mass is 175 g/mol. The third-order valence-corrected chi connectivity index (χ3v) is 2.03. The molecule has 13 heavy (non-hydrogen) atoms. The minimum absolute atomic E-state index is 0.0365. The summed E-state index contributed by atoms with van der Waals surface area (Å²) in [5.41, 5.74) is 0.988. The second-order valence-corrected chi connectivity index (χ2v) is 3.06. The lowest BCUT2D eigenvalue weighted by Gasteiger charge is -2.06. The second-order valence-electron chi connectivity index (χ2n) is 3.06. The Bertz CT molecular complexity index is 297. The van der Waals surface area contributed by atoms with Gasteiger partial charge in [-0.2, -0.15) is 5.26 Å². The summed E-state index contributed by atoms with van der Waals surface area (Å²) >= 11 is 0. The Morgan fingerprint density at radius 3 is 2.46 bits per heavy atom. The lowest BCUT2D eigenvalue weighted by atomic mass is 9.96. The van der Waals surface area contributed by atoms with Crippen LogP contribution in [0, 0.1) is 11.3 Å². The Morgan fingerprint density at radius 2 is 2.00 bits per heavy atom. The quantitative estimate of drug-likeness (QED) is 0.767. The molecule has 0 heterocycles. The standard InChI is InChI=1S/C11H13NO/c1-2-3-10(8-12)9-4-6-11(13)7-5-9/h4-7,10,13H,2-3H2,1H3. The van der Waals surface area contributed by atoms with Gasteiger partial charge in [0.05, 0.1) is 12.0 Å². The van der Waals surface area contributed by atoms with E-state index in [4.69, 9.17) is 10.4 Å².